The van der Waals surface area contributed by atoms with Gasteiger partial charge in [-0.1, -0.05) is 11.8 Å². The molecule has 0 radical (unpaired) electrons. The number of hydrogen-bond acceptors (Lipinski definition) is 9. The number of methoxy groups -OCH3 is 2. The first-order valence-corrected chi connectivity index (χ1v) is 9.70. The maximum absolute atomic E-state index is 12.5. The molecule has 0 amide bonds. The van der Waals surface area contributed by atoms with Crippen LogP contribution in [0.25, 0.3) is 22.5 Å². The minimum atomic E-state index is -0.568. The van der Waals surface area contributed by atoms with Gasteiger partial charge in [-0.2, -0.15) is 0 Å². The zero-order valence-corrected chi connectivity index (χ0v) is 16.9. The van der Waals surface area contributed by atoms with Crippen molar-refractivity contribution in [2.24, 2.45) is 0 Å². The fourth-order valence-corrected chi connectivity index (χ4v) is 3.59. The van der Waals surface area contributed by atoms with Crippen LogP contribution >= 0.6 is 11.8 Å². The van der Waals surface area contributed by atoms with Crippen molar-refractivity contribution in [2.45, 2.75) is 5.16 Å². The molecule has 0 aliphatic carbocycles. The predicted octanol–water partition coefficient (Wildman–Crippen LogP) is 2.09. The van der Waals surface area contributed by atoms with Crippen LogP contribution in [-0.2, 0) is 0 Å². The van der Waals surface area contributed by atoms with Gasteiger partial charge in [0, 0.05) is 17.2 Å². The number of nitrogen functional groups attached to an aromatic ring is 1. The Hall–Kier alpha value is -3.73. The second kappa shape index (κ2) is 7.95. The van der Waals surface area contributed by atoms with Crippen molar-refractivity contribution < 1.29 is 18.7 Å². The Morgan fingerprint density at radius 3 is 2.60 bits per heavy atom. The molecule has 154 valence electrons. The van der Waals surface area contributed by atoms with Crippen molar-refractivity contribution >= 4 is 28.6 Å². The second-order valence-electron chi connectivity index (χ2n) is 6.21. The summed E-state index contributed by atoms with van der Waals surface area (Å²) in [5, 5.41) is 8.57. The number of rotatable bonds is 7. The Morgan fingerprint density at radius 1 is 1.17 bits per heavy atom. The second-order valence-corrected chi connectivity index (χ2v) is 7.16. The van der Waals surface area contributed by atoms with Gasteiger partial charge in [0.05, 0.1) is 25.5 Å². The van der Waals surface area contributed by atoms with Gasteiger partial charge in [-0.25, -0.2) is 9.47 Å². The number of carbonyl (C=O) groups is 1. The summed E-state index contributed by atoms with van der Waals surface area (Å²) in [6.07, 6.45) is 0. The summed E-state index contributed by atoms with van der Waals surface area (Å²) in [7, 11) is 3.10. The van der Waals surface area contributed by atoms with E-state index in [2.05, 4.69) is 15.2 Å². The number of aromatic amines is 1. The van der Waals surface area contributed by atoms with E-state index in [4.69, 9.17) is 19.7 Å². The maximum Gasteiger partial charge on any atom is 0.417 e. The summed E-state index contributed by atoms with van der Waals surface area (Å²) >= 11 is 1.15. The molecule has 0 aliphatic heterocycles. The molecule has 0 aliphatic rings. The van der Waals surface area contributed by atoms with Crippen LogP contribution in [0.4, 0.5) is 0 Å². The Balaban J connectivity index is 1.52. The van der Waals surface area contributed by atoms with Gasteiger partial charge in [0.2, 0.25) is 5.16 Å². The zero-order valence-electron chi connectivity index (χ0n) is 16.0. The Labute approximate surface area is 174 Å². The molecule has 0 saturated carbocycles. The molecule has 30 heavy (non-hydrogen) atoms. The highest BCUT2D eigenvalue weighted by Gasteiger charge is 2.17. The van der Waals surface area contributed by atoms with Crippen LogP contribution in [0.5, 0.6) is 11.5 Å². The standard InChI is InChI=1S/C19H17N5O5S/c1-27-12-5-11(6-13(8-12)28-2)17-22-23-18(24(17)20)30-9-15(25)10-3-4-14-16(7-10)29-19(26)21-14/h3-8H,9,20H2,1-2H3,(H,21,26). The van der Waals surface area contributed by atoms with Crippen LogP contribution in [0.2, 0.25) is 0 Å². The number of H-pyrrole nitrogens is 1. The first kappa shape index (κ1) is 19.6. The third-order valence-corrected chi connectivity index (χ3v) is 5.29. The number of nitrogens with zero attached hydrogens (tertiary/aromatic N) is 3. The number of thioether (sulfide) groups is 1. The van der Waals surface area contributed by atoms with Gasteiger partial charge in [-0.15, -0.1) is 10.2 Å². The van der Waals surface area contributed by atoms with Crippen molar-refractivity contribution in [2.75, 3.05) is 25.8 Å². The Morgan fingerprint density at radius 2 is 1.90 bits per heavy atom. The normalized spacial score (nSPS) is 11.0. The minimum Gasteiger partial charge on any atom is -0.497 e. The van der Waals surface area contributed by atoms with Crippen molar-refractivity contribution in [3.8, 4) is 22.9 Å². The molecule has 2 aromatic heterocycles. The molecule has 0 saturated heterocycles. The van der Waals surface area contributed by atoms with E-state index in [0.717, 1.165) is 11.8 Å². The molecule has 0 atom stereocenters. The number of aromatic nitrogens is 4. The fraction of sp³-hybridized carbons (Fsp3) is 0.158. The number of ketones is 1. The molecule has 10 nitrogen and oxygen atoms in total. The molecule has 4 rings (SSSR count). The average molecular weight is 427 g/mol. The summed E-state index contributed by atoms with van der Waals surface area (Å²) in [6, 6.07) is 10.0. The minimum absolute atomic E-state index is 0.0803. The molecule has 2 heterocycles. The smallest absolute Gasteiger partial charge is 0.417 e. The van der Waals surface area contributed by atoms with Crippen LogP contribution in [0.3, 0.4) is 0 Å². The molecule has 0 spiro atoms. The molecule has 0 bridgehead atoms. The summed E-state index contributed by atoms with van der Waals surface area (Å²) in [5.74, 6) is 7.06. The summed E-state index contributed by atoms with van der Waals surface area (Å²) < 4.78 is 16.8. The van der Waals surface area contributed by atoms with Crippen LogP contribution in [-0.4, -0.2) is 45.6 Å². The average Bonchev–Trinajstić information content (AvgIpc) is 3.32. The summed E-state index contributed by atoms with van der Waals surface area (Å²) in [4.78, 5) is 26.3. The van der Waals surface area contributed by atoms with E-state index in [1.54, 1.807) is 44.6 Å². The van der Waals surface area contributed by atoms with Crippen molar-refractivity contribution in [3.63, 3.8) is 0 Å². The number of Topliss-reactive ketones (excluding diaryl/α,β-unsaturated/α-hetero) is 1. The lowest BCUT2D eigenvalue weighted by Gasteiger charge is -2.08. The zero-order chi connectivity index (χ0) is 21.3. The lowest BCUT2D eigenvalue weighted by atomic mass is 10.1. The third kappa shape index (κ3) is 3.74. The molecule has 4 aromatic rings. The van der Waals surface area contributed by atoms with Gasteiger partial charge in [-0.3, -0.25) is 9.78 Å². The van der Waals surface area contributed by atoms with Gasteiger partial charge < -0.3 is 19.7 Å². The van der Waals surface area contributed by atoms with E-state index < -0.39 is 5.76 Å². The van der Waals surface area contributed by atoms with Gasteiger partial charge in [0.25, 0.3) is 0 Å². The number of carbonyl (C=O) groups excluding carboxylic acids is 1. The highest BCUT2D eigenvalue weighted by Crippen LogP contribution is 2.30. The summed E-state index contributed by atoms with van der Waals surface area (Å²) in [5.41, 5.74) is 1.93. The van der Waals surface area contributed by atoms with E-state index in [1.165, 1.54) is 10.7 Å². The topological polar surface area (TPSA) is 138 Å². The van der Waals surface area contributed by atoms with Crippen LogP contribution in [0, 0.1) is 0 Å². The first-order chi connectivity index (χ1) is 14.5. The van der Waals surface area contributed by atoms with E-state index in [-0.39, 0.29) is 11.5 Å². The lowest BCUT2D eigenvalue weighted by molar-refractivity contribution is 0.102. The quantitative estimate of drug-likeness (QED) is 0.258. The van der Waals surface area contributed by atoms with Crippen LogP contribution < -0.4 is 21.1 Å². The molecule has 3 N–H and O–H groups in total. The third-order valence-electron chi connectivity index (χ3n) is 4.35. The number of fused-ring (bicyclic) bond motifs is 1. The van der Waals surface area contributed by atoms with Crippen molar-refractivity contribution in [1.82, 2.24) is 19.9 Å². The maximum atomic E-state index is 12.5. The van der Waals surface area contributed by atoms with Crippen LogP contribution in [0.15, 0.2) is 50.8 Å². The number of nitrogens with two attached hydrogens (primary N) is 1. The molecule has 0 fully saturated rings. The van der Waals surface area contributed by atoms with Gasteiger partial charge >= 0.3 is 5.76 Å². The van der Waals surface area contributed by atoms with E-state index in [9.17, 15) is 9.59 Å². The van der Waals surface area contributed by atoms with Crippen LogP contribution in [0.1, 0.15) is 10.4 Å². The molecular weight excluding hydrogens is 410 g/mol. The summed E-state index contributed by atoms with van der Waals surface area (Å²) in [6.45, 7) is 0. The van der Waals surface area contributed by atoms with Gasteiger partial charge in [0.1, 0.15) is 11.5 Å². The van der Waals surface area contributed by atoms with E-state index >= 15 is 0 Å². The van der Waals surface area contributed by atoms with Gasteiger partial charge in [0.15, 0.2) is 17.2 Å². The first-order valence-electron chi connectivity index (χ1n) is 8.71. The molecular formula is C19H17N5O5S. The van der Waals surface area contributed by atoms with Crippen molar-refractivity contribution in [1.29, 1.82) is 0 Å². The number of oxazole rings is 1. The predicted molar refractivity (Wildman–Crippen MR) is 111 cm³/mol. The number of hydrogen-bond donors (Lipinski definition) is 2. The van der Waals surface area contributed by atoms with E-state index in [0.29, 0.717) is 44.7 Å². The molecule has 2 aromatic carbocycles. The Kier molecular flexibility index (Phi) is 5.19. The van der Waals surface area contributed by atoms with Crippen molar-refractivity contribution in [3.05, 3.63) is 52.5 Å². The number of benzene rings is 2. The number of nitrogens with one attached hydrogen (secondary N) is 1. The molecule has 0 unspecified atom stereocenters. The van der Waals surface area contributed by atoms with Gasteiger partial charge in [-0.05, 0) is 30.3 Å². The SMILES string of the molecule is COc1cc(OC)cc(-c2nnc(SCC(=O)c3ccc4[nH]c(=O)oc4c3)n2N)c1. The fourth-order valence-electron chi connectivity index (χ4n) is 2.84. The largest absolute Gasteiger partial charge is 0.497 e. The highest BCUT2D eigenvalue weighted by molar-refractivity contribution is 7.99. The molecule has 11 heteroatoms. The highest BCUT2D eigenvalue weighted by atomic mass is 32.2. The monoisotopic (exact) mass is 427 g/mol. The van der Waals surface area contributed by atoms with E-state index in [1.807, 2.05) is 0 Å². The number of ether oxygens (including phenoxy) is 2. The Bertz CT molecular complexity index is 1270. The lowest BCUT2D eigenvalue weighted by Crippen LogP contribution is -2.13.